The number of carbonyl (C=O) groups is 1. The standard InChI is InChI=1S/C24H17Cl2IN2O3S/c1-31-19-11-15(10-17(27)22(19)32-13-14-6-3-2-4-7-14)12-20-23(30)29-24(33-20)28-18-9-5-8-16(25)21(18)26/h2-12H,13H2,1H3,(H,28,29,30)/b20-12-. The van der Waals surface area contributed by atoms with E-state index in [1.165, 1.54) is 11.8 Å². The Balaban J connectivity index is 1.56. The van der Waals surface area contributed by atoms with Crippen molar-refractivity contribution in [3.63, 3.8) is 0 Å². The maximum Gasteiger partial charge on any atom is 0.264 e. The number of amidine groups is 1. The van der Waals surface area contributed by atoms with Crippen LogP contribution in [0.1, 0.15) is 11.1 Å². The number of nitrogens with zero attached hydrogens (tertiary/aromatic N) is 1. The fraction of sp³-hybridized carbons (Fsp3) is 0.0833. The van der Waals surface area contributed by atoms with E-state index in [1.54, 1.807) is 31.4 Å². The van der Waals surface area contributed by atoms with Gasteiger partial charge >= 0.3 is 0 Å². The SMILES string of the molecule is COc1cc(/C=C2\SC(=Nc3cccc(Cl)c3Cl)NC2=O)cc(I)c1OCc1ccccc1. The Morgan fingerprint density at radius 3 is 2.67 bits per heavy atom. The van der Waals surface area contributed by atoms with Crippen LogP contribution >= 0.6 is 57.6 Å². The highest BCUT2D eigenvalue weighted by Gasteiger charge is 2.24. The molecule has 1 amide bonds. The largest absolute Gasteiger partial charge is 0.493 e. The van der Waals surface area contributed by atoms with Crippen molar-refractivity contribution in [1.82, 2.24) is 5.32 Å². The molecule has 33 heavy (non-hydrogen) atoms. The molecule has 4 rings (SSSR count). The van der Waals surface area contributed by atoms with Crippen molar-refractivity contribution in [2.75, 3.05) is 7.11 Å². The first-order chi connectivity index (χ1) is 15.9. The van der Waals surface area contributed by atoms with E-state index in [1.807, 2.05) is 42.5 Å². The predicted octanol–water partition coefficient (Wildman–Crippen LogP) is 7.08. The van der Waals surface area contributed by atoms with Crippen molar-refractivity contribution < 1.29 is 14.3 Å². The van der Waals surface area contributed by atoms with Crippen LogP contribution in [0, 0.1) is 3.57 Å². The Kier molecular flexibility index (Phi) is 7.85. The van der Waals surface area contributed by atoms with Crippen molar-refractivity contribution in [1.29, 1.82) is 0 Å². The predicted molar refractivity (Wildman–Crippen MR) is 144 cm³/mol. The summed E-state index contributed by atoms with van der Waals surface area (Å²) < 4.78 is 12.4. The number of ether oxygens (including phenoxy) is 2. The monoisotopic (exact) mass is 610 g/mol. The van der Waals surface area contributed by atoms with Crippen LogP contribution in [0.2, 0.25) is 10.0 Å². The van der Waals surface area contributed by atoms with Crippen molar-refractivity contribution in [2.45, 2.75) is 6.61 Å². The molecule has 0 radical (unpaired) electrons. The van der Waals surface area contributed by atoms with E-state index in [9.17, 15) is 4.79 Å². The van der Waals surface area contributed by atoms with E-state index in [0.717, 1.165) is 14.7 Å². The highest BCUT2D eigenvalue weighted by molar-refractivity contribution is 14.1. The molecule has 168 valence electrons. The molecule has 3 aromatic carbocycles. The molecule has 3 aromatic rings. The topological polar surface area (TPSA) is 59.9 Å². The lowest BCUT2D eigenvalue weighted by molar-refractivity contribution is -0.115. The van der Waals surface area contributed by atoms with Gasteiger partial charge in [0.15, 0.2) is 16.7 Å². The second kappa shape index (κ2) is 10.8. The number of rotatable bonds is 6. The molecule has 9 heteroatoms. The molecule has 5 nitrogen and oxygen atoms in total. The zero-order valence-corrected chi connectivity index (χ0v) is 21.8. The maximum absolute atomic E-state index is 12.5. The molecule has 0 aliphatic carbocycles. The van der Waals surface area contributed by atoms with E-state index >= 15 is 0 Å². The molecule has 1 aliphatic heterocycles. The van der Waals surface area contributed by atoms with Gasteiger partial charge in [0.1, 0.15) is 6.61 Å². The van der Waals surface area contributed by atoms with E-state index < -0.39 is 0 Å². The number of amides is 1. The van der Waals surface area contributed by atoms with Gasteiger partial charge in [0.25, 0.3) is 5.91 Å². The normalized spacial score (nSPS) is 15.7. The van der Waals surface area contributed by atoms with Gasteiger partial charge < -0.3 is 14.8 Å². The molecule has 0 unspecified atom stereocenters. The van der Waals surface area contributed by atoms with Crippen LogP contribution in [0.25, 0.3) is 6.08 Å². The summed E-state index contributed by atoms with van der Waals surface area (Å²) in [5, 5.41) is 3.93. The van der Waals surface area contributed by atoms with Crippen LogP contribution in [-0.2, 0) is 11.4 Å². The van der Waals surface area contributed by atoms with Crippen LogP contribution < -0.4 is 14.8 Å². The second-order valence-corrected chi connectivity index (χ2v) is 9.84. The van der Waals surface area contributed by atoms with Crippen molar-refractivity contribution in [3.05, 3.63) is 90.3 Å². The summed E-state index contributed by atoms with van der Waals surface area (Å²) in [5.41, 5.74) is 2.36. The van der Waals surface area contributed by atoms with Crippen molar-refractivity contribution in [2.24, 2.45) is 4.99 Å². The molecule has 0 aromatic heterocycles. The lowest BCUT2D eigenvalue weighted by atomic mass is 10.2. The molecular formula is C24H17Cl2IN2O3S. The minimum Gasteiger partial charge on any atom is -0.493 e. The highest BCUT2D eigenvalue weighted by Crippen LogP contribution is 2.37. The van der Waals surface area contributed by atoms with Gasteiger partial charge in [0.2, 0.25) is 0 Å². The first kappa shape index (κ1) is 23.9. The number of hydrogen-bond donors (Lipinski definition) is 1. The van der Waals surface area contributed by atoms with Gasteiger partial charge in [-0.05, 0) is 75.8 Å². The van der Waals surface area contributed by atoms with Crippen LogP contribution in [0.3, 0.4) is 0 Å². The third kappa shape index (κ3) is 5.84. The average Bonchev–Trinajstić information content (AvgIpc) is 3.15. The second-order valence-electron chi connectivity index (χ2n) is 6.86. The maximum atomic E-state index is 12.5. The molecule has 0 spiro atoms. The average molecular weight is 611 g/mol. The van der Waals surface area contributed by atoms with Gasteiger partial charge in [-0.15, -0.1) is 0 Å². The quantitative estimate of drug-likeness (QED) is 0.239. The molecule has 1 N–H and O–H groups in total. The van der Waals surface area contributed by atoms with Gasteiger partial charge in [0.05, 0.1) is 31.3 Å². The Morgan fingerprint density at radius 2 is 1.91 bits per heavy atom. The van der Waals surface area contributed by atoms with E-state index in [0.29, 0.717) is 43.9 Å². The summed E-state index contributed by atoms with van der Waals surface area (Å²) in [6.45, 7) is 0.428. The third-order valence-corrected chi connectivity index (χ3v) is 7.10. The van der Waals surface area contributed by atoms with E-state index in [2.05, 4.69) is 32.9 Å². The van der Waals surface area contributed by atoms with Gasteiger partial charge in [-0.1, -0.05) is 59.6 Å². The van der Waals surface area contributed by atoms with E-state index in [4.69, 9.17) is 32.7 Å². The molecule has 0 saturated carbocycles. The molecule has 0 bridgehead atoms. The fourth-order valence-corrected chi connectivity index (χ4v) is 4.97. The summed E-state index contributed by atoms with van der Waals surface area (Å²) in [6, 6.07) is 18.9. The summed E-state index contributed by atoms with van der Waals surface area (Å²) in [6.07, 6.45) is 1.79. The number of thioether (sulfide) groups is 1. The number of nitrogens with one attached hydrogen (secondary N) is 1. The Bertz CT molecular complexity index is 1270. The Hall–Kier alpha value is -2.20. The number of halogens is 3. The lowest BCUT2D eigenvalue weighted by Gasteiger charge is -2.14. The zero-order chi connectivity index (χ0) is 23.4. The smallest absolute Gasteiger partial charge is 0.264 e. The Morgan fingerprint density at radius 1 is 1.12 bits per heavy atom. The minimum atomic E-state index is -0.240. The molecule has 0 atom stereocenters. The number of carbonyl (C=O) groups excluding carboxylic acids is 1. The van der Waals surface area contributed by atoms with Crippen molar-refractivity contribution in [3.8, 4) is 11.5 Å². The lowest BCUT2D eigenvalue weighted by Crippen LogP contribution is -2.19. The number of benzene rings is 3. The third-order valence-electron chi connectivity index (χ3n) is 4.58. The number of hydrogen-bond acceptors (Lipinski definition) is 5. The van der Waals surface area contributed by atoms with Crippen LogP contribution in [0.4, 0.5) is 5.69 Å². The number of aliphatic imine (C=N–C) groups is 1. The van der Waals surface area contributed by atoms with E-state index in [-0.39, 0.29) is 5.91 Å². The molecular weight excluding hydrogens is 594 g/mol. The molecule has 1 aliphatic rings. The molecule has 1 fully saturated rings. The van der Waals surface area contributed by atoms with Crippen LogP contribution in [0.5, 0.6) is 11.5 Å². The Labute approximate surface area is 219 Å². The zero-order valence-electron chi connectivity index (χ0n) is 17.3. The summed E-state index contributed by atoms with van der Waals surface area (Å²) in [5.74, 6) is 1.01. The summed E-state index contributed by atoms with van der Waals surface area (Å²) >= 11 is 15.7. The molecule has 1 saturated heterocycles. The van der Waals surface area contributed by atoms with Gasteiger partial charge in [-0.2, -0.15) is 0 Å². The minimum absolute atomic E-state index is 0.240. The first-order valence-corrected chi connectivity index (χ1v) is 12.4. The highest BCUT2D eigenvalue weighted by atomic mass is 127. The van der Waals surface area contributed by atoms with Crippen LogP contribution in [-0.4, -0.2) is 18.2 Å². The summed E-state index contributed by atoms with van der Waals surface area (Å²) in [4.78, 5) is 17.4. The van der Waals surface area contributed by atoms with Gasteiger partial charge in [-0.3, -0.25) is 4.79 Å². The van der Waals surface area contributed by atoms with Crippen LogP contribution in [0.15, 0.2) is 70.6 Å². The van der Waals surface area contributed by atoms with Crippen molar-refractivity contribution >= 4 is 80.4 Å². The molecule has 1 heterocycles. The summed E-state index contributed by atoms with van der Waals surface area (Å²) in [7, 11) is 1.59. The first-order valence-electron chi connectivity index (χ1n) is 9.72. The van der Waals surface area contributed by atoms with Gasteiger partial charge in [0, 0.05) is 0 Å². The number of methoxy groups -OCH3 is 1. The fourth-order valence-electron chi connectivity index (χ4n) is 3.01. The van der Waals surface area contributed by atoms with Gasteiger partial charge in [-0.25, -0.2) is 4.99 Å².